The summed E-state index contributed by atoms with van der Waals surface area (Å²) in [5.41, 5.74) is 5.58. The van der Waals surface area contributed by atoms with Crippen LogP contribution < -0.4 is 9.30 Å². The average molecular weight is 924 g/mol. The van der Waals surface area contributed by atoms with Gasteiger partial charge in [0.05, 0.1) is 52.5 Å². The molecular weight excluding hydrogens is 882 g/mol. The first kappa shape index (κ1) is 25.3. The van der Waals surface area contributed by atoms with Gasteiger partial charge in [0.25, 0.3) is 6.33 Å². The van der Waals surface area contributed by atoms with Crippen molar-refractivity contribution in [1.82, 2.24) is 18.4 Å². The standard InChI is InChI=1S/C48H31BN6O.Pt/c1-3-16-34(17-4-1)38-22-14-23-39(35-18-5-2-6-19-35)47(38)53-33-52(42-26-9-10-27-43(42)53)36-20-13-21-37(32-36)56-46-30-15-31-49(51-46)55-45-29-12-11-28-44(45)54-41-25-8-7-24-40(41)50-48(54)55;/h1-31H;/q-2;/i1D,2D,3D,4D,5D,6D,16D,17D,18D,19D;. The third-order valence-corrected chi connectivity index (χ3v) is 9.76. The van der Waals surface area contributed by atoms with E-state index in [4.69, 9.17) is 28.7 Å². The van der Waals surface area contributed by atoms with Crippen molar-refractivity contribution >= 4 is 45.9 Å². The van der Waals surface area contributed by atoms with Crippen LogP contribution >= 0.6 is 0 Å². The van der Waals surface area contributed by atoms with Crippen LogP contribution in [0.5, 0.6) is 5.75 Å². The zero-order valence-corrected chi connectivity index (χ0v) is 31.9. The summed E-state index contributed by atoms with van der Waals surface area (Å²) < 4.78 is 101. The molecule has 11 rings (SSSR count). The minimum atomic E-state index is -0.573. The van der Waals surface area contributed by atoms with Crippen molar-refractivity contribution in [2.24, 2.45) is 0 Å². The first-order valence-electron chi connectivity index (χ1n) is 22.8. The van der Waals surface area contributed by atoms with Gasteiger partial charge in [0, 0.05) is 32.7 Å². The van der Waals surface area contributed by atoms with Crippen molar-refractivity contribution < 1.29 is 44.1 Å². The van der Waals surface area contributed by atoms with E-state index in [0.29, 0.717) is 28.4 Å². The Bertz CT molecular complexity index is 3630. The maximum absolute atomic E-state index is 8.97. The molecule has 0 fully saturated rings. The minimum Gasteiger partial charge on any atom is -0.654 e. The van der Waals surface area contributed by atoms with Gasteiger partial charge in [-0.15, -0.1) is 18.1 Å². The molecule has 0 bridgehead atoms. The number of imidazole rings is 3. The molecule has 0 spiro atoms. The van der Waals surface area contributed by atoms with Gasteiger partial charge in [0.1, 0.15) is 0 Å². The molecule has 7 aromatic carbocycles. The second-order valence-corrected chi connectivity index (χ2v) is 13.0. The van der Waals surface area contributed by atoms with Gasteiger partial charge in [-0.05, 0) is 58.3 Å². The third kappa shape index (κ3) is 5.88. The van der Waals surface area contributed by atoms with E-state index in [2.05, 4.69) is 27.3 Å². The maximum Gasteiger partial charge on any atom is 0.268 e. The van der Waals surface area contributed by atoms with Gasteiger partial charge in [-0.25, -0.2) is 4.98 Å². The number of allylic oxidation sites excluding steroid dienone is 2. The molecule has 7 nitrogen and oxygen atoms in total. The smallest absolute Gasteiger partial charge is 0.268 e. The second-order valence-electron chi connectivity index (χ2n) is 13.0. The minimum absolute atomic E-state index is 0. The van der Waals surface area contributed by atoms with E-state index in [9.17, 15) is 0 Å². The Morgan fingerprint density at radius 1 is 0.684 bits per heavy atom. The van der Waals surface area contributed by atoms with Crippen molar-refractivity contribution in [3.63, 3.8) is 0 Å². The topological polar surface area (TPSA) is 54.4 Å². The average Bonchev–Trinajstić information content (AvgIpc) is 4.01. The summed E-state index contributed by atoms with van der Waals surface area (Å²) in [6.45, 7) is -0.492. The van der Waals surface area contributed by atoms with Crippen LogP contribution in [-0.4, -0.2) is 25.4 Å². The van der Waals surface area contributed by atoms with Crippen molar-refractivity contribution in [3.8, 4) is 39.4 Å². The summed E-state index contributed by atoms with van der Waals surface area (Å²) in [5, 5.41) is 5.01. The summed E-state index contributed by atoms with van der Waals surface area (Å²) in [7, 11) is 0. The largest absolute Gasteiger partial charge is 0.654 e. The Kier molecular flexibility index (Phi) is 6.36. The number of para-hydroxylation sites is 7. The van der Waals surface area contributed by atoms with E-state index >= 15 is 0 Å². The molecule has 274 valence electrons. The van der Waals surface area contributed by atoms with E-state index < -0.39 is 67.4 Å². The van der Waals surface area contributed by atoms with Gasteiger partial charge in [-0.3, -0.25) is 8.97 Å². The monoisotopic (exact) mass is 923 g/mol. The van der Waals surface area contributed by atoms with Crippen LogP contribution in [0.1, 0.15) is 13.7 Å². The fraction of sp³-hybridized carbons (Fsp3) is 0. The number of ether oxygens (including phenoxy) is 1. The molecule has 0 saturated carbocycles. The molecule has 0 amide bonds. The van der Waals surface area contributed by atoms with Gasteiger partial charge in [-0.2, -0.15) is 12.1 Å². The third-order valence-electron chi connectivity index (χ3n) is 9.76. The van der Waals surface area contributed by atoms with Crippen molar-refractivity contribution in [1.29, 1.82) is 0 Å². The number of aromatic nitrogens is 5. The van der Waals surface area contributed by atoms with Gasteiger partial charge in [0.2, 0.25) is 5.78 Å². The van der Waals surface area contributed by atoms with Crippen LogP contribution in [0.2, 0.25) is 0 Å². The predicted molar refractivity (Wildman–Crippen MR) is 224 cm³/mol. The molecule has 1 aliphatic rings. The summed E-state index contributed by atoms with van der Waals surface area (Å²) in [6, 6.07) is 31.5. The van der Waals surface area contributed by atoms with Crippen LogP contribution in [0, 0.1) is 12.4 Å². The van der Waals surface area contributed by atoms with E-state index in [-0.39, 0.29) is 49.0 Å². The Labute approximate surface area is 357 Å². The Morgan fingerprint density at radius 2 is 1.33 bits per heavy atom. The number of fused-ring (bicyclic) bond motifs is 6. The Hall–Kier alpha value is -6.89. The maximum atomic E-state index is 8.97. The van der Waals surface area contributed by atoms with E-state index in [1.165, 1.54) is 0 Å². The molecule has 0 saturated heterocycles. The molecular formula is C48H31BN6OPt-2. The molecule has 0 N–H and O–H groups in total. The summed E-state index contributed by atoms with van der Waals surface area (Å²) in [6.07, 6.45) is 7.04. The molecule has 1 aliphatic heterocycles. The molecule has 0 radical (unpaired) electrons. The van der Waals surface area contributed by atoms with Gasteiger partial charge >= 0.3 is 0 Å². The quantitative estimate of drug-likeness (QED) is 0.0909. The summed E-state index contributed by atoms with van der Waals surface area (Å²) >= 11 is 0. The Balaban J connectivity index is 0.00000525. The molecule has 0 aliphatic carbocycles. The van der Waals surface area contributed by atoms with Gasteiger partial charge < -0.3 is 19.0 Å². The summed E-state index contributed by atoms with van der Waals surface area (Å²) in [4.78, 5) is 4.99. The molecule has 9 heteroatoms. The van der Waals surface area contributed by atoms with E-state index in [1.807, 2.05) is 66.6 Å². The first-order valence-corrected chi connectivity index (χ1v) is 17.8. The zero-order valence-electron chi connectivity index (χ0n) is 39.6. The van der Waals surface area contributed by atoms with Crippen LogP contribution in [0.15, 0.2) is 194 Å². The number of benzene rings is 7. The number of hydrogen-bond donors (Lipinski definition) is 0. The SMILES string of the molecule is [2H]c1c([2H])c([2H])c(-c2cccc(-c3c([2H])c([2H])c([2H])c([2H])c3[2H])c2-[n+]2[c-]n(-c3[c-]c(OC4=CC=CB(n5c6ccccc6n6c7ccccc7nc56)[N-]4)ccc3)c3ccccc32)c([2H])c1[2H].[Pt]. The first-order chi connectivity index (χ1) is 31.9. The molecule has 0 unspecified atom stereocenters. The number of rotatable bonds is 7. The van der Waals surface area contributed by atoms with Crippen LogP contribution in [0.3, 0.4) is 0 Å². The fourth-order valence-corrected chi connectivity index (χ4v) is 7.40. The Morgan fingerprint density at radius 3 is 2.09 bits per heavy atom. The van der Waals surface area contributed by atoms with Gasteiger partial charge in [0.15, 0.2) is 6.98 Å². The van der Waals surface area contributed by atoms with E-state index in [0.717, 1.165) is 27.8 Å². The molecule has 10 aromatic rings. The molecule has 57 heavy (non-hydrogen) atoms. The molecule has 3 aromatic heterocycles. The van der Waals surface area contributed by atoms with Crippen molar-refractivity contribution in [2.75, 3.05) is 0 Å². The van der Waals surface area contributed by atoms with Crippen LogP contribution in [-0.2, 0) is 21.1 Å². The molecule has 0 atom stereocenters. The molecule has 4 heterocycles. The van der Waals surface area contributed by atoms with E-state index in [1.54, 1.807) is 63.7 Å². The number of hydrogen-bond acceptors (Lipinski definition) is 2. The van der Waals surface area contributed by atoms with Crippen LogP contribution in [0.25, 0.3) is 77.7 Å². The van der Waals surface area contributed by atoms with Crippen molar-refractivity contribution in [3.05, 3.63) is 211 Å². The summed E-state index contributed by atoms with van der Waals surface area (Å²) in [5.74, 6) is 3.37. The number of nitrogens with zero attached hydrogens (tertiary/aromatic N) is 6. The zero-order chi connectivity index (χ0) is 45.7. The van der Waals surface area contributed by atoms with Gasteiger partial charge in [-0.1, -0.05) is 133 Å². The second kappa shape index (κ2) is 14.3. The fourth-order valence-electron chi connectivity index (χ4n) is 7.40. The predicted octanol–water partition coefficient (Wildman–Crippen LogP) is 10.3. The van der Waals surface area contributed by atoms with Crippen LogP contribution in [0.4, 0.5) is 0 Å². The normalized spacial score (nSPS) is 15.0. The van der Waals surface area contributed by atoms with Crippen molar-refractivity contribution in [2.45, 2.75) is 0 Å².